The summed E-state index contributed by atoms with van der Waals surface area (Å²) < 4.78 is 5.05. The lowest BCUT2D eigenvalue weighted by Crippen LogP contribution is -2.08. The van der Waals surface area contributed by atoms with Gasteiger partial charge in [-0.05, 0) is 44.4 Å². The minimum absolute atomic E-state index is 0.740. The Bertz CT molecular complexity index is 628. The molecule has 0 bridgehead atoms. The number of aryl methyl sites for hydroxylation is 2. The fraction of sp³-hybridized carbons (Fsp3) is 0.412. The topological polar surface area (TPSA) is 59.1 Å². The van der Waals surface area contributed by atoms with Crippen LogP contribution >= 0.6 is 0 Å². The van der Waals surface area contributed by atoms with Crippen LogP contribution < -0.4 is 10.6 Å². The van der Waals surface area contributed by atoms with E-state index in [0.717, 1.165) is 42.7 Å². The number of nitrogens with zero attached hydrogens (tertiary/aromatic N) is 2. The lowest BCUT2D eigenvalue weighted by atomic mass is 10.1. The van der Waals surface area contributed by atoms with E-state index in [4.69, 9.17) is 4.74 Å². The van der Waals surface area contributed by atoms with Gasteiger partial charge in [-0.3, -0.25) is 0 Å². The van der Waals surface area contributed by atoms with Crippen molar-refractivity contribution in [3.8, 4) is 0 Å². The molecule has 0 aliphatic carbocycles. The third kappa shape index (κ3) is 4.43. The van der Waals surface area contributed by atoms with Crippen LogP contribution in [0.1, 0.15) is 23.4 Å². The highest BCUT2D eigenvalue weighted by atomic mass is 16.5. The van der Waals surface area contributed by atoms with Crippen molar-refractivity contribution in [1.29, 1.82) is 0 Å². The number of nitrogens with one attached hydrogen (secondary N) is 2. The molecule has 2 N–H and O–H groups in total. The van der Waals surface area contributed by atoms with Gasteiger partial charge in [0.15, 0.2) is 0 Å². The van der Waals surface area contributed by atoms with Gasteiger partial charge in [0, 0.05) is 32.0 Å². The summed E-state index contributed by atoms with van der Waals surface area (Å²) in [7, 11) is 1.71. The van der Waals surface area contributed by atoms with Crippen LogP contribution in [0.15, 0.2) is 24.3 Å². The van der Waals surface area contributed by atoms with E-state index in [1.165, 1.54) is 11.1 Å². The molecule has 0 atom stereocenters. The molecule has 0 fully saturated rings. The first-order chi connectivity index (χ1) is 10.6. The Balaban J connectivity index is 2.10. The number of aromatic nitrogens is 2. The third-order valence-corrected chi connectivity index (χ3v) is 3.54. The maximum atomic E-state index is 5.05. The van der Waals surface area contributed by atoms with Crippen LogP contribution in [0, 0.1) is 20.8 Å². The molecular formula is C17H24N4O. The van der Waals surface area contributed by atoms with Crippen molar-refractivity contribution in [2.45, 2.75) is 27.2 Å². The van der Waals surface area contributed by atoms with E-state index in [-0.39, 0.29) is 0 Å². The van der Waals surface area contributed by atoms with Crippen molar-refractivity contribution in [2.75, 3.05) is 30.9 Å². The van der Waals surface area contributed by atoms with Gasteiger partial charge in [-0.1, -0.05) is 12.1 Å². The van der Waals surface area contributed by atoms with E-state index in [1.54, 1.807) is 7.11 Å². The minimum Gasteiger partial charge on any atom is -0.385 e. The molecule has 0 aliphatic heterocycles. The summed E-state index contributed by atoms with van der Waals surface area (Å²) in [5, 5.41) is 6.68. The first kappa shape index (κ1) is 16.2. The van der Waals surface area contributed by atoms with Gasteiger partial charge >= 0.3 is 0 Å². The Kier molecular flexibility index (Phi) is 5.72. The number of hydrogen-bond donors (Lipinski definition) is 2. The van der Waals surface area contributed by atoms with Gasteiger partial charge in [0.2, 0.25) is 0 Å². The fourth-order valence-corrected chi connectivity index (χ4v) is 2.18. The predicted octanol–water partition coefficient (Wildman–Crippen LogP) is 3.59. The van der Waals surface area contributed by atoms with Crippen molar-refractivity contribution in [2.24, 2.45) is 0 Å². The van der Waals surface area contributed by atoms with Crippen molar-refractivity contribution in [3.05, 3.63) is 41.2 Å². The van der Waals surface area contributed by atoms with Gasteiger partial charge in [-0.25, -0.2) is 9.97 Å². The van der Waals surface area contributed by atoms with Crippen molar-refractivity contribution in [1.82, 2.24) is 9.97 Å². The van der Waals surface area contributed by atoms with E-state index < -0.39 is 0 Å². The average Bonchev–Trinajstić information content (AvgIpc) is 2.48. The van der Waals surface area contributed by atoms with Crippen LogP contribution in [0.25, 0.3) is 0 Å². The van der Waals surface area contributed by atoms with E-state index in [2.05, 4.69) is 46.6 Å². The molecular weight excluding hydrogens is 276 g/mol. The van der Waals surface area contributed by atoms with Gasteiger partial charge in [0.1, 0.15) is 17.5 Å². The number of methoxy groups -OCH3 is 1. The molecule has 118 valence electrons. The fourth-order valence-electron chi connectivity index (χ4n) is 2.18. The summed E-state index contributed by atoms with van der Waals surface area (Å²) >= 11 is 0. The molecule has 0 saturated heterocycles. The largest absolute Gasteiger partial charge is 0.385 e. The van der Waals surface area contributed by atoms with E-state index in [1.807, 2.05) is 19.1 Å². The van der Waals surface area contributed by atoms with Crippen molar-refractivity contribution < 1.29 is 4.74 Å². The molecule has 1 aromatic heterocycles. The van der Waals surface area contributed by atoms with Gasteiger partial charge < -0.3 is 15.4 Å². The Hall–Kier alpha value is -2.14. The summed E-state index contributed by atoms with van der Waals surface area (Å²) in [4.78, 5) is 8.87. The van der Waals surface area contributed by atoms with Gasteiger partial charge in [-0.15, -0.1) is 0 Å². The predicted molar refractivity (Wildman–Crippen MR) is 91.0 cm³/mol. The average molecular weight is 300 g/mol. The molecule has 0 spiro atoms. The van der Waals surface area contributed by atoms with E-state index in [9.17, 15) is 0 Å². The lowest BCUT2D eigenvalue weighted by molar-refractivity contribution is 0.198. The van der Waals surface area contributed by atoms with Crippen LogP contribution in [0.5, 0.6) is 0 Å². The normalized spacial score (nSPS) is 10.5. The number of rotatable bonds is 7. The SMILES string of the molecule is COCCCNc1cc(Nc2cccc(C)c2C)nc(C)n1. The summed E-state index contributed by atoms with van der Waals surface area (Å²) in [5.74, 6) is 2.37. The Labute approximate surface area is 132 Å². The zero-order valence-electron chi connectivity index (χ0n) is 13.7. The second-order valence-electron chi connectivity index (χ2n) is 5.33. The van der Waals surface area contributed by atoms with Gasteiger partial charge in [0.05, 0.1) is 0 Å². The van der Waals surface area contributed by atoms with Crippen molar-refractivity contribution >= 4 is 17.3 Å². The Morgan fingerprint density at radius 3 is 2.64 bits per heavy atom. The quantitative estimate of drug-likeness (QED) is 0.765. The number of anilines is 3. The first-order valence-electron chi connectivity index (χ1n) is 7.52. The molecule has 22 heavy (non-hydrogen) atoms. The third-order valence-electron chi connectivity index (χ3n) is 3.54. The summed E-state index contributed by atoms with van der Waals surface area (Å²) in [6.45, 7) is 7.68. The molecule has 0 amide bonds. The number of hydrogen-bond acceptors (Lipinski definition) is 5. The van der Waals surface area contributed by atoms with Gasteiger partial charge in [-0.2, -0.15) is 0 Å². The molecule has 2 aromatic rings. The number of benzene rings is 1. The Morgan fingerprint density at radius 2 is 1.86 bits per heavy atom. The molecule has 1 aromatic carbocycles. The maximum Gasteiger partial charge on any atom is 0.136 e. The highest BCUT2D eigenvalue weighted by Gasteiger charge is 2.05. The standard InChI is InChI=1S/C17H24N4O/c1-12-7-5-8-15(13(12)2)21-17-11-16(19-14(3)20-17)18-9-6-10-22-4/h5,7-8,11H,6,9-10H2,1-4H3,(H2,18,19,20,21). The van der Waals surface area contributed by atoms with Gasteiger partial charge in [0.25, 0.3) is 0 Å². The lowest BCUT2D eigenvalue weighted by Gasteiger charge is -2.13. The van der Waals surface area contributed by atoms with Crippen LogP contribution in [-0.2, 0) is 4.74 Å². The van der Waals surface area contributed by atoms with E-state index >= 15 is 0 Å². The molecule has 1 heterocycles. The summed E-state index contributed by atoms with van der Waals surface area (Å²) in [5.41, 5.74) is 3.56. The smallest absolute Gasteiger partial charge is 0.136 e. The Morgan fingerprint density at radius 1 is 1.09 bits per heavy atom. The zero-order chi connectivity index (χ0) is 15.9. The van der Waals surface area contributed by atoms with Crippen LogP contribution in [0.4, 0.5) is 17.3 Å². The molecule has 0 saturated carbocycles. The molecule has 5 nitrogen and oxygen atoms in total. The van der Waals surface area contributed by atoms with Crippen LogP contribution in [0.2, 0.25) is 0 Å². The summed E-state index contributed by atoms with van der Waals surface area (Å²) in [6.07, 6.45) is 0.944. The van der Waals surface area contributed by atoms with Crippen LogP contribution in [-0.4, -0.2) is 30.2 Å². The monoisotopic (exact) mass is 300 g/mol. The molecule has 0 radical (unpaired) electrons. The molecule has 2 rings (SSSR count). The first-order valence-corrected chi connectivity index (χ1v) is 7.52. The molecule has 0 aliphatic rings. The summed E-state index contributed by atoms with van der Waals surface area (Å²) in [6, 6.07) is 8.14. The molecule has 0 unspecified atom stereocenters. The second kappa shape index (κ2) is 7.75. The van der Waals surface area contributed by atoms with E-state index in [0.29, 0.717) is 0 Å². The maximum absolute atomic E-state index is 5.05. The molecule has 5 heteroatoms. The second-order valence-corrected chi connectivity index (χ2v) is 5.33. The number of ether oxygens (including phenoxy) is 1. The highest BCUT2D eigenvalue weighted by Crippen LogP contribution is 2.22. The van der Waals surface area contributed by atoms with Crippen LogP contribution in [0.3, 0.4) is 0 Å². The zero-order valence-corrected chi connectivity index (χ0v) is 13.7. The highest BCUT2D eigenvalue weighted by molar-refractivity contribution is 5.63. The minimum atomic E-state index is 0.740. The van der Waals surface area contributed by atoms with Crippen molar-refractivity contribution in [3.63, 3.8) is 0 Å².